The van der Waals surface area contributed by atoms with E-state index in [1.165, 1.54) is 21.6 Å². The van der Waals surface area contributed by atoms with Gasteiger partial charge in [0, 0.05) is 11.3 Å². The standard InChI is InChI=1S/C15H18OS/c1-11-5-6-13(8-12(11)2)9-14(16)10-15-4-3-7-17-15/h3-8,14,16H,9-10H2,1-2H3. The first kappa shape index (κ1) is 12.3. The number of rotatable bonds is 4. The Morgan fingerprint density at radius 3 is 2.59 bits per heavy atom. The Morgan fingerprint density at radius 1 is 1.12 bits per heavy atom. The van der Waals surface area contributed by atoms with Crippen molar-refractivity contribution in [3.05, 3.63) is 57.3 Å². The maximum atomic E-state index is 10.0. The summed E-state index contributed by atoms with van der Waals surface area (Å²) in [5.41, 5.74) is 3.82. The lowest BCUT2D eigenvalue weighted by molar-refractivity contribution is 0.176. The van der Waals surface area contributed by atoms with E-state index >= 15 is 0 Å². The van der Waals surface area contributed by atoms with Crippen LogP contribution in [0.2, 0.25) is 0 Å². The molecular formula is C15H18OS. The molecule has 0 saturated heterocycles. The van der Waals surface area contributed by atoms with E-state index in [0.29, 0.717) is 0 Å². The summed E-state index contributed by atoms with van der Waals surface area (Å²) in [5, 5.41) is 12.1. The maximum absolute atomic E-state index is 10.0. The molecule has 0 aliphatic rings. The molecule has 0 fully saturated rings. The van der Waals surface area contributed by atoms with Gasteiger partial charge in [0.25, 0.3) is 0 Å². The van der Waals surface area contributed by atoms with Gasteiger partial charge in [-0.25, -0.2) is 0 Å². The summed E-state index contributed by atoms with van der Waals surface area (Å²) in [6, 6.07) is 10.5. The first-order valence-corrected chi connectivity index (χ1v) is 6.79. The summed E-state index contributed by atoms with van der Waals surface area (Å²) in [5.74, 6) is 0. The van der Waals surface area contributed by atoms with Crippen LogP contribution in [0.1, 0.15) is 21.6 Å². The molecule has 2 heteroatoms. The number of aliphatic hydroxyl groups is 1. The molecule has 1 unspecified atom stereocenters. The topological polar surface area (TPSA) is 20.2 Å². The van der Waals surface area contributed by atoms with Gasteiger partial charge in [-0.15, -0.1) is 11.3 Å². The fraction of sp³-hybridized carbons (Fsp3) is 0.333. The van der Waals surface area contributed by atoms with Crippen molar-refractivity contribution < 1.29 is 5.11 Å². The predicted molar refractivity (Wildman–Crippen MR) is 73.6 cm³/mol. The van der Waals surface area contributed by atoms with Gasteiger partial charge in [-0.3, -0.25) is 0 Å². The van der Waals surface area contributed by atoms with Crippen molar-refractivity contribution in [2.24, 2.45) is 0 Å². The van der Waals surface area contributed by atoms with Gasteiger partial charge < -0.3 is 5.11 Å². The molecule has 0 bridgehead atoms. The van der Waals surface area contributed by atoms with Crippen LogP contribution in [0.5, 0.6) is 0 Å². The minimum Gasteiger partial charge on any atom is -0.392 e. The molecule has 1 heterocycles. The molecule has 17 heavy (non-hydrogen) atoms. The highest BCUT2D eigenvalue weighted by Gasteiger charge is 2.08. The molecule has 1 nitrogen and oxygen atoms in total. The summed E-state index contributed by atoms with van der Waals surface area (Å²) in [7, 11) is 0. The molecular weight excluding hydrogens is 228 g/mol. The second-order valence-corrected chi connectivity index (χ2v) is 5.59. The molecule has 0 aliphatic carbocycles. The van der Waals surface area contributed by atoms with Crippen LogP contribution in [0.25, 0.3) is 0 Å². The first-order valence-electron chi connectivity index (χ1n) is 5.92. The van der Waals surface area contributed by atoms with Gasteiger partial charge in [0.2, 0.25) is 0 Å². The highest BCUT2D eigenvalue weighted by atomic mass is 32.1. The molecule has 0 amide bonds. The van der Waals surface area contributed by atoms with E-state index < -0.39 is 0 Å². The predicted octanol–water partition coefficient (Wildman–Crippen LogP) is 3.51. The fourth-order valence-corrected chi connectivity index (χ4v) is 2.71. The van der Waals surface area contributed by atoms with Gasteiger partial charge in [-0.05, 0) is 48.4 Å². The highest BCUT2D eigenvalue weighted by Crippen LogP contribution is 2.15. The van der Waals surface area contributed by atoms with Crippen molar-refractivity contribution in [2.45, 2.75) is 32.8 Å². The van der Waals surface area contributed by atoms with E-state index in [1.807, 2.05) is 6.07 Å². The zero-order chi connectivity index (χ0) is 12.3. The van der Waals surface area contributed by atoms with Crippen LogP contribution in [-0.4, -0.2) is 11.2 Å². The second-order valence-electron chi connectivity index (χ2n) is 4.56. The summed E-state index contributed by atoms with van der Waals surface area (Å²) in [6.07, 6.45) is 1.21. The number of hydrogen-bond acceptors (Lipinski definition) is 2. The third-order valence-corrected chi connectivity index (χ3v) is 3.96. The average molecular weight is 246 g/mol. The Hall–Kier alpha value is -1.12. The Labute approximate surface area is 107 Å². The Morgan fingerprint density at radius 2 is 1.94 bits per heavy atom. The summed E-state index contributed by atoms with van der Waals surface area (Å²) >= 11 is 1.71. The van der Waals surface area contributed by atoms with Crippen molar-refractivity contribution in [1.29, 1.82) is 0 Å². The Bertz CT molecular complexity index is 474. The number of aryl methyl sites for hydroxylation is 2. The van der Waals surface area contributed by atoms with Crippen LogP contribution in [0.4, 0.5) is 0 Å². The third kappa shape index (κ3) is 3.42. The molecule has 1 aromatic carbocycles. The van der Waals surface area contributed by atoms with Gasteiger partial charge in [0.15, 0.2) is 0 Å². The lowest BCUT2D eigenvalue weighted by atomic mass is 10.0. The first-order chi connectivity index (χ1) is 8.15. The van der Waals surface area contributed by atoms with Gasteiger partial charge >= 0.3 is 0 Å². The normalized spacial score (nSPS) is 12.6. The van der Waals surface area contributed by atoms with Gasteiger partial charge in [0.05, 0.1) is 6.10 Å². The molecule has 1 aromatic heterocycles. The zero-order valence-electron chi connectivity index (χ0n) is 10.3. The molecule has 0 aliphatic heterocycles. The quantitative estimate of drug-likeness (QED) is 0.875. The largest absolute Gasteiger partial charge is 0.392 e. The van der Waals surface area contributed by atoms with E-state index in [0.717, 1.165) is 12.8 Å². The number of benzene rings is 1. The minimum absolute atomic E-state index is 0.282. The molecule has 1 N–H and O–H groups in total. The Balaban J connectivity index is 1.98. The van der Waals surface area contributed by atoms with E-state index in [4.69, 9.17) is 0 Å². The molecule has 90 valence electrons. The third-order valence-electron chi connectivity index (χ3n) is 3.06. The van der Waals surface area contributed by atoms with Crippen LogP contribution in [0, 0.1) is 13.8 Å². The fourth-order valence-electron chi connectivity index (χ4n) is 1.94. The molecule has 0 saturated carbocycles. The summed E-state index contributed by atoms with van der Waals surface area (Å²) in [6.45, 7) is 4.23. The van der Waals surface area contributed by atoms with E-state index in [2.05, 4.69) is 43.5 Å². The highest BCUT2D eigenvalue weighted by molar-refractivity contribution is 7.09. The summed E-state index contributed by atoms with van der Waals surface area (Å²) in [4.78, 5) is 1.25. The summed E-state index contributed by atoms with van der Waals surface area (Å²) < 4.78 is 0. The number of hydrogen-bond donors (Lipinski definition) is 1. The molecule has 2 rings (SSSR count). The van der Waals surface area contributed by atoms with Crippen molar-refractivity contribution in [3.8, 4) is 0 Å². The average Bonchev–Trinajstić information content (AvgIpc) is 2.76. The van der Waals surface area contributed by atoms with Crippen molar-refractivity contribution >= 4 is 11.3 Å². The van der Waals surface area contributed by atoms with Gasteiger partial charge in [-0.2, -0.15) is 0 Å². The van der Waals surface area contributed by atoms with Crippen molar-refractivity contribution in [2.75, 3.05) is 0 Å². The number of aliphatic hydroxyl groups excluding tert-OH is 1. The molecule has 2 aromatic rings. The minimum atomic E-state index is -0.282. The van der Waals surface area contributed by atoms with Gasteiger partial charge in [-0.1, -0.05) is 24.3 Å². The zero-order valence-corrected chi connectivity index (χ0v) is 11.1. The van der Waals surface area contributed by atoms with E-state index in [1.54, 1.807) is 11.3 Å². The molecule has 1 atom stereocenters. The van der Waals surface area contributed by atoms with E-state index in [9.17, 15) is 5.11 Å². The number of thiophene rings is 1. The van der Waals surface area contributed by atoms with Crippen LogP contribution >= 0.6 is 11.3 Å². The SMILES string of the molecule is Cc1ccc(CC(O)Cc2cccs2)cc1C. The smallest absolute Gasteiger partial charge is 0.0628 e. The lowest BCUT2D eigenvalue weighted by Crippen LogP contribution is -2.13. The van der Waals surface area contributed by atoms with Crippen LogP contribution in [-0.2, 0) is 12.8 Å². The maximum Gasteiger partial charge on any atom is 0.0628 e. The van der Waals surface area contributed by atoms with Crippen LogP contribution < -0.4 is 0 Å². The van der Waals surface area contributed by atoms with Crippen molar-refractivity contribution in [1.82, 2.24) is 0 Å². The van der Waals surface area contributed by atoms with E-state index in [-0.39, 0.29) is 6.10 Å². The van der Waals surface area contributed by atoms with Crippen LogP contribution in [0.15, 0.2) is 35.7 Å². The van der Waals surface area contributed by atoms with Gasteiger partial charge in [0.1, 0.15) is 0 Å². The Kier molecular flexibility index (Phi) is 3.97. The molecule has 0 radical (unpaired) electrons. The monoisotopic (exact) mass is 246 g/mol. The molecule has 0 spiro atoms. The second kappa shape index (κ2) is 5.48. The van der Waals surface area contributed by atoms with Crippen molar-refractivity contribution in [3.63, 3.8) is 0 Å². The van der Waals surface area contributed by atoms with Crippen LogP contribution in [0.3, 0.4) is 0 Å². The lowest BCUT2D eigenvalue weighted by Gasteiger charge is -2.11.